The Morgan fingerprint density at radius 2 is 2.17 bits per heavy atom. The maximum Gasteiger partial charge on any atom is 0.142 e. The van der Waals surface area contributed by atoms with Gasteiger partial charge in [0.05, 0.1) is 18.4 Å². The summed E-state index contributed by atoms with van der Waals surface area (Å²) < 4.78 is 13.1. The molecule has 2 aromatic rings. The van der Waals surface area contributed by atoms with Crippen LogP contribution in [0.5, 0.6) is 0 Å². The molecule has 1 aromatic heterocycles. The van der Waals surface area contributed by atoms with Crippen molar-refractivity contribution in [2.75, 3.05) is 18.5 Å². The van der Waals surface area contributed by atoms with Crippen molar-refractivity contribution >= 4 is 28.2 Å². The summed E-state index contributed by atoms with van der Waals surface area (Å²) >= 11 is 5.92. The van der Waals surface area contributed by atoms with E-state index in [1.165, 1.54) is 12.3 Å². The summed E-state index contributed by atoms with van der Waals surface area (Å²) in [5.74, 6) is -0.328. The summed E-state index contributed by atoms with van der Waals surface area (Å²) in [5.41, 5.74) is 3.74. The minimum atomic E-state index is -0.328. The first-order valence-electron chi connectivity index (χ1n) is 7.68. The quantitative estimate of drug-likeness (QED) is 0.402. The molecule has 126 valence electrons. The molecule has 0 fully saturated rings. The third-order valence-electron chi connectivity index (χ3n) is 3.77. The molecule has 0 atom stereocenters. The molecule has 0 aliphatic heterocycles. The van der Waals surface area contributed by atoms with Gasteiger partial charge in [-0.1, -0.05) is 36.9 Å². The lowest BCUT2D eigenvalue weighted by Gasteiger charge is -2.11. The second-order valence-corrected chi connectivity index (χ2v) is 5.88. The smallest absolute Gasteiger partial charge is 0.142 e. The van der Waals surface area contributed by atoms with Gasteiger partial charge in [-0.2, -0.15) is 0 Å². The van der Waals surface area contributed by atoms with Crippen molar-refractivity contribution in [1.29, 1.82) is 0 Å². The van der Waals surface area contributed by atoms with E-state index in [1.807, 2.05) is 31.2 Å². The summed E-state index contributed by atoms with van der Waals surface area (Å²) in [4.78, 5) is 4.08. The number of benzene rings is 1. The third kappa shape index (κ3) is 4.91. The van der Waals surface area contributed by atoms with Gasteiger partial charge >= 0.3 is 0 Å². The maximum atomic E-state index is 13.1. The summed E-state index contributed by atoms with van der Waals surface area (Å²) in [6, 6.07) is 7.12. The number of rotatable bonds is 8. The minimum absolute atomic E-state index is 0.328. The number of nitrogens with zero attached hydrogens (tertiary/aromatic N) is 1. The van der Waals surface area contributed by atoms with Crippen LogP contribution in [0.3, 0.4) is 0 Å². The summed E-state index contributed by atoms with van der Waals surface area (Å²) in [6.07, 6.45) is 3.86. The number of aromatic nitrogens is 1. The molecule has 2 rings (SSSR count). The van der Waals surface area contributed by atoms with Crippen molar-refractivity contribution in [3.8, 4) is 0 Å². The molecule has 1 aromatic carbocycles. The molecular formula is C19H21ClFN3. The third-order valence-corrected chi connectivity index (χ3v) is 4.06. The first-order valence-corrected chi connectivity index (χ1v) is 8.06. The fraction of sp³-hybridized carbons (Fsp3) is 0.211. The van der Waals surface area contributed by atoms with Gasteiger partial charge < -0.3 is 5.32 Å². The Bertz CT molecular complexity index is 783. The Labute approximate surface area is 146 Å². The Kier molecular flexibility index (Phi) is 6.53. The fourth-order valence-corrected chi connectivity index (χ4v) is 2.42. The molecule has 1 heterocycles. The molecule has 5 heteroatoms. The van der Waals surface area contributed by atoms with E-state index in [1.54, 1.807) is 0 Å². The second kappa shape index (κ2) is 8.62. The number of allylic oxidation sites excluding steroid dienone is 3. The van der Waals surface area contributed by atoms with Crippen molar-refractivity contribution in [1.82, 2.24) is 10.3 Å². The Hall–Kier alpha value is -2.17. The lowest BCUT2D eigenvalue weighted by molar-refractivity contribution is 0.624. The number of nitrogens with one attached hydrogen (secondary N) is 2. The van der Waals surface area contributed by atoms with E-state index in [-0.39, 0.29) is 5.82 Å². The molecule has 0 radical (unpaired) electrons. The number of halogens is 2. The van der Waals surface area contributed by atoms with Crippen LogP contribution in [-0.2, 0) is 0 Å². The van der Waals surface area contributed by atoms with Crippen molar-refractivity contribution in [2.24, 2.45) is 0 Å². The van der Waals surface area contributed by atoms with Crippen molar-refractivity contribution in [3.05, 3.63) is 71.7 Å². The first-order chi connectivity index (χ1) is 11.5. The van der Waals surface area contributed by atoms with E-state index in [0.29, 0.717) is 11.7 Å². The van der Waals surface area contributed by atoms with E-state index in [9.17, 15) is 4.39 Å². The Balaban J connectivity index is 1.84. The molecule has 3 nitrogen and oxygen atoms in total. The van der Waals surface area contributed by atoms with Gasteiger partial charge in [0, 0.05) is 22.7 Å². The standard InChI is InChI=1S/C19H21ClFN3/c1-4-15(13(2)14(3)20)7-8-22-12-24-18-6-5-16-9-17(21)11-23-19(16)10-18/h4-6,9-11,22,24H,1,3,7-8,12H2,2H3/b15-13+. The maximum absolute atomic E-state index is 13.1. The lowest BCUT2D eigenvalue weighted by Crippen LogP contribution is -2.23. The molecule has 0 saturated heterocycles. The summed E-state index contributed by atoms with van der Waals surface area (Å²) in [5, 5.41) is 7.90. The van der Waals surface area contributed by atoms with E-state index in [2.05, 4.69) is 28.8 Å². The Morgan fingerprint density at radius 1 is 1.38 bits per heavy atom. The topological polar surface area (TPSA) is 37.0 Å². The zero-order valence-electron chi connectivity index (χ0n) is 13.7. The monoisotopic (exact) mass is 345 g/mol. The van der Waals surface area contributed by atoms with E-state index in [0.717, 1.165) is 40.7 Å². The van der Waals surface area contributed by atoms with E-state index < -0.39 is 0 Å². The largest absolute Gasteiger partial charge is 0.372 e. The number of pyridine rings is 1. The molecule has 0 spiro atoms. The van der Waals surface area contributed by atoms with Gasteiger partial charge in [-0.15, -0.1) is 0 Å². The minimum Gasteiger partial charge on any atom is -0.372 e. The number of fused-ring (bicyclic) bond motifs is 1. The molecule has 0 saturated carbocycles. The molecule has 24 heavy (non-hydrogen) atoms. The zero-order valence-corrected chi connectivity index (χ0v) is 14.5. The molecule has 2 N–H and O–H groups in total. The van der Waals surface area contributed by atoms with E-state index >= 15 is 0 Å². The van der Waals surface area contributed by atoms with Gasteiger partial charge in [0.1, 0.15) is 5.82 Å². The van der Waals surface area contributed by atoms with Gasteiger partial charge in [0.25, 0.3) is 0 Å². The lowest BCUT2D eigenvalue weighted by atomic mass is 10.1. The first kappa shape index (κ1) is 18.2. The molecule has 0 aliphatic carbocycles. The summed E-state index contributed by atoms with van der Waals surface area (Å²) in [6.45, 7) is 10.9. The van der Waals surface area contributed by atoms with Gasteiger partial charge in [0.15, 0.2) is 0 Å². The highest BCUT2D eigenvalue weighted by atomic mass is 35.5. The fourth-order valence-electron chi connectivity index (χ4n) is 2.30. The van der Waals surface area contributed by atoms with Crippen LogP contribution in [0, 0.1) is 5.82 Å². The predicted molar refractivity (Wildman–Crippen MR) is 101 cm³/mol. The van der Waals surface area contributed by atoms with Crippen molar-refractivity contribution < 1.29 is 4.39 Å². The number of hydrogen-bond donors (Lipinski definition) is 2. The highest BCUT2D eigenvalue weighted by Gasteiger charge is 2.02. The molecular weight excluding hydrogens is 325 g/mol. The van der Waals surface area contributed by atoms with Gasteiger partial charge in [-0.05, 0) is 42.7 Å². The SMILES string of the molecule is C=C/C(CCNCNc1ccc2cc(F)cnc2c1)=C(/C)C(=C)Cl. The molecule has 0 amide bonds. The van der Waals surface area contributed by atoms with Gasteiger partial charge in [-0.3, -0.25) is 10.3 Å². The van der Waals surface area contributed by atoms with Crippen molar-refractivity contribution in [3.63, 3.8) is 0 Å². The molecule has 0 unspecified atom stereocenters. The van der Waals surface area contributed by atoms with Gasteiger partial charge in [0.2, 0.25) is 0 Å². The van der Waals surface area contributed by atoms with Crippen LogP contribution in [0.1, 0.15) is 13.3 Å². The molecule has 0 aliphatic rings. The van der Waals surface area contributed by atoms with Crippen LogP contribution < -0.4 is 10.6 Å². The van der Waals surface area contributed by atoms with Crippen LogP contribution in [0.2, 0.25) is 0 Å². The van der Waals surface area contributed by atoms with Gasteiger partial charge in [-0.25, -0.2) is 4.39 Å². The van der Waals surface area contributed by atoms with Crippen LogP contribution >= 0.6 is 11.6 Å². The van der Waals surface area contributed by atoms with Crippen LogP contribution in [0.25, 0.3) is 10.9 Å². The number of hydrogen-bond acceptors (Lipinski definition) is 3. The highest BCUT2D eigenvalue weighted by Crippen LogP contribution is 2.19. The van der Waals surface area contributed by atoms with E-state index in [4.69, 9.17) is 11.6 Å². The predicted octanol–water partition coefficient (Wildman–Crippen LogP) is 4.98. The van der Waals surface area contributed by atoms with Crippen molar-refractivity contribution in [2.45, 2.75) is 13.3 Å². The highest BCUT2D eigenvalue weighted by molar-refractivity contribution is 6.31. The summed E-state index contributed by atoms with van der Waals surface area (Å²) in [7, 11) is 0. The van der Waals surface area contributed by atoms with Crippen LogP contribution in [0.4, 0.5) is 10.1 Å². The Morgan fingerprint density at radius 3 is 2.88 bits per heavy atom. The second-order valence-electron chi connectivity index (χ2n) is 5.42. The average Bonchev–Trinajstić information content (AvgIpc) is 2.57. The number of anilines is 1. The average molecular weight is 346 g/mol. The van der Waals surface area contributed by atoms with Crippen LogP contribution in [-0.4, -0.2) is 18.2 Å². The molecule has 0 bridgehead atoms. The zero-order chi connectivity index (χ0) is 17.5. The normalized spacial score (nSPS) is 12.0. The van der Waals surface area contributed by atoms with Crippen LogP contribution in [0.15, 0.2) is 65.9 Å².